The maximum absolute atomic E-state index is 11.4. The molecular formula is C11H21NO3S. The molecule has 1 saturated carbocycles. The summed E-state index contributed by atoms with van der Waals surface area (Å²) in [5.74, 6) is 0.296. The largest absolute Gasteiger partial charge is 0.444 e. The Balaban J connectivity index is 2.23. The van der Waals surface area contributed by atoms with Gasteiger partial charge in [-0.15, -0.1) is 0 Å². The first-order valence-electron chi connectivity index (χ1n) is 5.61. The van der Waals surface area contributed by atoms with Crippen LogP contribution in [0.3, 0.4) is 0 Å². The van der Waals surface area contributed by atoms with Crippen molar-refractivity contribution in [2.75, 3.05) is 6.54 Å². The van der Waals surface area contributed by atoms with Crippen molar-refractivity contribution < 1.29 is 14.6 Å². The molecule has 0 unspecified atom stereocenters. The zero-order valence-corrected chi connectivity index (χ0v) is 11.0. The second-order valence-corrected chi connectivity index (χ2v) is 6.02. The van der Waals surface area contributed by atoms with Gasteiger partial charge in [0.1, 0.15) is 5.60 Å². The molecule has 16 heavy (non-hydrogen) atoms. The maximum Gasteiger partial charge on any atom is 0.407 e. The summed E-state index contributed by atoms with van der Waals surface area (Å²) in [4.78, 5) is 11.4. The highest BCUT2D eigenvalue weighted by Crippen LogP contribution is 2.29. The first-order chi connectivity index (χ1) is 7.28. The summed E-state index contributed by atoms with van der Waals surface area (Å²) in [6.07, 6.45) is 0.780. The molecule has 1 fully saturated rings. The third-order valence-corrected chi connectivity index (χ3v) is 3.08. The topological polar surface area (TPSA) is 58.6 Å². The van der Waals surface area contributed by atoms with Crippen LogP contribution in [-0.4, -0.2) is 34.7 Å². The van der Waals surface area contributed by atoms with Gasteiger partial charge in [0.05, 0.1) is 6.10 Å². The molecule has 1 aliphatic carbocycles. The molecule has 5 heteroatoms. The Morgan fingerprint density at radius 2 is 2.12 bits per heavy atom. The fourth-order valence-electron chi connectivity index (χ4n) is 1.80. The number of ether oxygens (including phenoxy) is 1. The number of carbonyl (C=O) groups excluding carboxylic acids is 1. The molecule has 0 aromatic carbocycles. The lowest BCUT2D eigenvalue weighted by Crippen LogP contribution is -2.35. The van der Waals surface area contributed by atoms with Gasteiger partial charge in [-0.05, 0) is 39.5 Å². The molecule has 2 N–H and O–H groups in total. The van der Waals surface area contributed by atoms with Crippen LogP contribution >= 0.6 is 12.6 Å². The average Bonchev–Trinajstić information content (AvgIpc) is 2.40. The minimum atomic E-state index is -0.467. The van der Waals surface area contributed by atoms with Crippen molar-refractivity contribution in [2.45, 2.75) is 50.6 Å². The number of thiol groups is 1. The molecule has 4 nitrogen and oxygen atoms in total. The van der Waals surface area contributed by atoms with Gasteiger partial charge < -0.3 is 15.2 Å². The van der Waals surface area contributed by atoms with Crippen molar-refractivity contribution >= 4 is 18.7 Å². The highest BCUT2D eigenvalue weighted by atomic mass is 32.1. The van der Waals surface area contributed by atoms with Gasteiger partial charge in [0, 0.05) is 11.8 Å². The smallest absolute Gasteiger partial charge is 0.407 e. The number of hydrogen-bond acceptors (Lipinski definition) is 4. The van der Waals surface area contributed by atoms with Gasteiger partial charge in [0.25, 0.3) is 0 Å². The zero-order valence-electron chi connectivity index (χ0n) is 10.1. The van der Waals surface area contributed by atoms with Crippen LogP contribution in [0.5, 0.6) is 0 Å². The summed E-state index contributed by atoms with van der Waals surface area (Å²) in [6, 6.07) is 0. The third-order valence-electron chi connectivity index (χ3n) is 2.53. The monoisotopic (exact) mass is 247 g/mol. The first kappa shape index (κ1) is 13.6. The summed E-state index contributed by atoms with van der Waals surface area (Å²) in [7, 11) is 0. The van der Waals surface area contributed by atoms with Crippen molar-refractivity contribution in [1.29, 1.82) is 0 Å². The quantitative estimate of drug-likeness (QED) is 0.649. The molecule has 0 radical (unpaired) electrons. The molecule has 1 aliphatic rings. The Kier molecular flexibility index (Phi) is 4.50. The molecule has 1 rings (SSSR count). The van der Waals surface area contributed by atoms with Gasteiger partial charge in [-0.25, -0.2) is 4.79 Å². The fraction of sp³-hybridized carbons (Fsp3) is 0.909. The Hall–Kier alpha value is -0.420. The molecule has 0 aliphatic heterocycles. The Labute approximate surface area is 102 Å². The van der Waals surface area contributed by atoms with Gasteiger partial charge in [-0.3, -0.25) is 0 Å². The van der Waals surface area contributed by atoms with Gasteiger partial charge in [0.15, 0.2) is 0 Å². The van der Waals surface area contributed by atoms with Gasteiger partial charge in [-0.2, -0.15) is 12.6 Å². The molecule has 3 atom stereocenters. The molecule has 0 bridgehead atoms. The first-order valence-corrected chi connectivity index (χ1v) is 6.12. The number of hydrogen-bond donors (Lipinski definition) is 3. The van der Waals surface area contributed by atoms with Crippen LogP contribution < -0.4 is 5.32 Å². The molecule has 1 amide bonds. The highest BCUT2D eigenvalue weighted by Gasteiger charge is 2.30. The fourth-order valence-corrected chi connectivity index (χ4v) is 2.22. The molecule has 0 aromatic heterocycles. The number of rotatable bonds is 2. The Morgan fingerprint density at radius 3 is 2.56 bits per heavy atom. The lowest BCUT2D eigenvalue weighted by atomic mass is 10.1. The predicted octanol–water partition coefficient (Wildman–Crippen LogP) is 1.58. The van der Waals surface area contributed by atoms with E-state index in [1.807, 2.05) is 20.8 Å². The third kappa shape index (κ3) is 4.61. The molecule has 0 heterocycles. The van der Waals surface area contributed by atoms with Gasteiger partial charge in [-0.1, -0.05) is 0 Å². The maximum atomic E-state index is 11.4. The Morgan fingerprint density at radius 1 is 1.50 bits per heavy atom. The van der Waals surface area contributed by atoms with E-state index in [2.05, 4.69) is 17.9 Å². The molecule has 0 saturated heterocycles. The van der Waals surface area contributed by atoms with Gasteiger partial charge >= 0.3 is 6.09 Å². The molecule has 0 spiro atoms. The molecular weight excluding hydrogens is 226 g/mol. The van der Waals surface area contributed by atoms with E-state index in [1.54, 1.807) is 0 Å². The van der Waals surface area contributed by atoms with E-state index < -0.39 is 11.7 Å². The highest BCUT2D eigenvalue weighted by molar-refractivity contribution is 7.81. The summed E-state index contributed by atoms with van der Waals surface area (Å²) in [6.45, 7) is 6.03. The second kappa shape index (κ2) is 5.27. The van der Waals surface area contributed by atoms with E-state index in [0.29, 0.717) is 18.9 Å². The van der Waals surface area contributed by atoms with Crippen LogP contribution in [0.2, 0.25) is 0 Å². The normalized spacial score (nSPS) is 30.2. The SMILES string of the molecule is CC(C)(C)OC(=O)NC[C@H]1C[C@H](O)[C@@H](S)C1. The standard InChI is InChI=1S/C11H21NO3S/c1-11(2,3)15-10(14)12-6-7-4-8(13)9(16)5-7/h7-9,13,16H,4-6H2,1-3H3,(H,12,14)/t7-,8-,9-/m0/s1. The number of amides is 1. The van der Waals surface area contributed by atoms with Gasteiger partial charge in [0.2, 0.25) is 0 Å². The minimum absolute atomic E-state index is 0.0328. The summed E-state index contributed by atoms with van der Waals surface area (Å²) < 4.78 is 5.12. The number of aliphatic hydroxyl groups excluding tert-OH is 1. The van der Waals surface area contributed by atoms with E-state index >= 15 is 0 Å². The lowest BCUT2D eigenvalue weighted by molar-refractivity contribution is 0.0517. The summed E-state index contributed by atoms with van der Waals surface area (Å²) in [5, 5.41) is 12.2. The lowest BCUT2D eigenvalue weighted by Gasteiger charge is -2.20. The minimum Gasteiger partial charge on any atom is -0.444 e. The van der Waals surface area contributed by atoms with Crippen molar-refractivity contribution in [3.63, 3.8) is 0 Å². The van der Waals surface area contributed by atoms with E-state index in [0.717, 1.165) is 6.42 Å². The van der Waals surface area contributed by atoms with Crippen LogP contribution in [-0.2, 0) is 4.74 Å². The van der Waals surface area contributed by atoms with Crippen LogP contribution in [0.15, 0.2) is 0 Å². The number of alkyl carbamates (subject to hydrolysis) is 1. The van der Waals surface area contributed by atoms with Crippen molar-refractivity contribution in [3.8, 4) is 0 Å². The number of carbonyl (C=O) groups is 1. The van der Waals surface area contributed by atoms with Crippen LogP contribution in [0, 0.1) is 5.92 Å². The van der Waals surface area contributed by atoms with E-state index in [-0.39, 0.29) is 11.4 Å². The Bertz CT molecular complexity index is 242. The predicted molar refractivity (Wildman–Crippen MR) is 65.7 cm³/mol. The average molecular weight is 247 g/mol. The van der Waals surface area contributed by atoms with E-state index in [9.17, 15) is 9.90 Å². The molecule has 94 valence electrons. The van der Waals surface area contributed by atoms with Crippen LogP contribution in [0.1, 0.15) is 33.6 Å². The van der Waals surface area contributed by atoms with Crippen molar-refractivity contribution in [3.05, 3.63) is 0 Å². The number of nitrogens with one attached hydrogen (secondary N) is 1. The second-order valence-electron chi connectivity index (χ2n) is 5.35. The van der Waals surface area contributed by atoms with E-state index in [4.69, 9.17) is 4.74 Å². The number of aliphatic hydroxyl groups is 1. The molecule has 0 aromatic rings. The van der Waals surface area contributed by atoms with Crippen molar-refractivity contribution in [1.82, 2.24) is 5.32 Å². The van der Waals surface area contributed by atoms with Crippen molar-refractivity contribution in [2.24, 2.45) is 5.92 Å². The van der Waals surface area contributed by atoms with Crippen LogP contribution in [0.4, 0.5) is 4.79 Å². The van der Waals surface area contributed by atoms with Crippen LogP contribution in [0.25, 0.3) is 0 Å². The zero-order chi connectivity index (χ0) is 12.3. The summed E-state index contributed by atoms with van der Waals surface area (Å²) in [5.41, 5.74) is -0.467. The summed E-state index contributed by atoms with van der Waals surface area (Å²) >= 11 is 4.27. The van der Waals surface area contributed by atoms with E-state index in [1.165, 1.54) is 0 Å².